The Morgan fingerprint density at radius 3 is 2.00 bits per heavy atom. The molecule has 0 bridgehead atoms. The summed E-state index contributed by atoms with van der Waals surface area (Å²) >= 11 is 0. The molecule has 0 N–H and O–H groups in total. The van der Waals surface area contributed by atoms with Crippen LogP contribution in [0.2, 0.25) is 0 Å². The van der Waals surface area contributed by atoms with Crippen LogP contribution in [0.25, 0.3) is 0 Å². The molecule has 0 atom stereocenters. The molecule has 0 unspecified atom stereocenters. The molecule has 2 fully saturated rings. The summed E-state index contributed by atoms with van der Waals surface area (Å²) in [6.45, 7) is 2.79. The Kier molecular flexibility index (Phi) is 2.09. The molecule has 2 rings (SSSR count). The fourth-order valence-corrected chi connectivity index (χ4v) is 2.05. The third-order valence-electron chi connectivity index (χ3n) is 2.48. The monoisotopic (exact) mass is 125 g/mol. The lowest BCUT2D eigenvalue weighted by Gasteiger charge is -2.11. The van der Waals surface area contributed by atoms with E-state index in [-0.39, 0.29) is 6.15 Å². The van der Waals surface area contributed by atoms with Crippen molar-refractivity contribution in [3.05, 3.63) is 0 Å². The van der Waals surface area contributed by atoms with Crippen molar-refractivity contribution in [3.8, 4) is 0 Å². The van der Waals surface area contributed by atoms with E-state index in [2.05, 4.69) is 4.90 Å². The molecule has 2 aliphatic heterocycles. The van der Waals surface area contributed by atoms with Crippen LogP contribution in [0.15, 0.2) is 0 Å². The summed E-state index contributed by atoms with van der Waals surface area (Å²) in [6, 6.07) is 1.01. The van der Waals surface area contributed by atoms with Gasteiger partial charge < -0.3 is 4.90 Å². The Balaban J connectivity index is 0.000000405. The second kappa shape index (κ2) is 2.67. The third kappa shape index (κ3) is 1.10. The van der Waals surface area contributed by atoms with Crippen LogP contribution in [0.1, 0.15) is 25.7 Å². The summed E-state index contributed by atoms with van der Waals surface area (Å²) in [5, 5.41) is 0. The van der Waals surface area contributed by atoms with Crippen molar-refractivity contribution in [3.63, 3.8) is 0 Å². The van der Waals surface area contributed by atoms with Gasteiger partial charge in [0.1, 0.15) is 0 Å². The minimum Gasteiger partial charge on any atom is -0.300 e. The zero-order valence-electron chi connectivity index (χ0n) is 5.71. The molecule has 0 saturated carbocycles. The lowest BCUT2D eigenvalue weighted by molar-refractivity contribution is 0.325. The largest absolute Gasteiger partial charge is 0.300 e. The first kappa shape index (κ1) is 7.03. The van der Waals surface area contributed by atoms with Gasteiger partial charge in [-0.25, -0.2) is 0 Å². The first-order valence-electron chi connectivity index (χ1n) is 3.71. The summed E-state index contributed by atoms with van der Waals surface area (Å²) in [5.41, 5.74) is 0. The van der Waals surface area contributed by atoms with Gasteiger partial charge in [0.05, 0.1) is 0 Å². The van der Waals surface area contributed by atoms with E-state index >= 15 is 0 Å². The molecule has 9 heavy (non-hydrogen) atoms. The Morgan fingerprint density at radius 1 is 1.00 bits per heavy atom. The van der Waals surface area contributed by atoms with Crippen molar-refractivity contribution in [2.45, 2.75) is 31.7 Å². The Bertz CT molecular complexity index is 72.9. The van der Waals surface area contributed by atoms with Crippen molar-refractivity contribution in [2.75, 3.05) is 13.1 Å². The first-order chi connectivity index (χ1) is 3.97. The number of rotatable bonds is 0. The van der Waals surface area contributed by atoms with Crippen molar-refractivity contribution < 1.29 is 0 Å². The topological polar surface area (TPSA) is 33.7 Å². The van der Waals surface area contributed by atoms with Gasteiger partial charge in [-0.3, -0.25) is 0 Å². The minimum absolute atomic E-state index is 0. The molecular formula is C7H13N2. The molecule has 2 aliphatic rings. The second-order valence-corrected chi connectivity index (χ2v) is 2.97. The van der Waals surface area contributed by atoms with E-state index in [1.54, 1.807) is 0 Å². The highest BCUT2D eigenvalue weighted by Gasteiger charge is 2.27. The Labute approximate surface area is 56.8 Å². The van der Waals surface area contributed by atoms with Crippen LogP contribution in [0.5, 0.6) is 0 Å². The molecule has 2 heterocycles. The van der Waals surface area contributed by atoms with Gasteiger partial charge in [-0.2, -0.15) is 0 Å². The molecule has 2 saturated heterocycles. The first-order valence-corrected chi connectivity index (χ1v) is 3.71. The lowest BCUT2D eigenvalue weighted by Crippen LogP contribution is -2.21. The van der Waals surface area contributed by atoms with Crippen molar-refractivity contribution >= 4 is 0 Å². The van der Waals surface area contributed by atoms with E-state index in [1.807, 2.05) is 0 Å². The zero-order chi connectivity index (χ0) is 5.40. The Morgan fingerprint density at radius 2 is 1.56 bits per heavy atom. The maximum atomic E-state index is 2.64. The summed E-state index contributed by atoms with van der Waals surface area (Å²) < 4.78 is 0. The molecule has 0 aliphatic carbocycles. The van der Waals surface area contributed by atoms with Gasteiger partial charge in [0, 0.05) is 12.2 Å². The minimum atomic E-state index is 0. The maximum absolute atomic E-state index is 2.64. The average molecular weight is 125 g/mol. The lowest BCUT2D eigenvalue weighted by atomic mass is 10.2. The fraction of sp³-hybridized carbons (Fsp3) is 1.00. The highest BCUT2D eigenvalue weighted by Crippen LogP contribution is 2.26. The summed E-state index contributed by atoms with van der Waals surface area (Å²) in [4.78, 5) is 2.64. The smallest absolute Gasteiger partial charge is 0.00962 e. The second-order valence-electron chi connectivity index (χ2n) is 2.97. The van der Waals surface area contributed by atoms with Gasteiger partial charge in [0.25, 0.3) is 0 Å². The predicted octanol–water partition coefficient (Wildman–Crippen LogP) is 0.764. The van der Waals surface area contributed by atoms with E-state index in [0.717, 1.165) is 6.04 Å². The zero-order valence-corrected chi connectivity index (χ0v) is 5.71. The molecular weight excluding hydrogens is 112 g/mol. The van der Waals surface area contributed by atoms with Crippen LogP contribution in [0.4, 0.5) is 0 Å². The highest BCUT2D eigenvalue weighted by molar-refractivity contribution is 4.84. The molecule has 2 nitrogen and oxygen atoms in total. The predicted molar refractivity (Wildman–Crippen MR) is 36.0 cm³/mol. The van der Waals surface area contributed by atoms with E-state index in [1.165, 1.54) is 38.8 Å². The average Bonchev–Trinajstić information content (AvgIpc) is 2.15. The van der Waals surface area contributed by atoms with Gasteiger partial charge in [-0.15, -0.1) is 0 Å². The molecule has 0 aromatic heterocycles. The Hall–Kier alpha value is -0.0800. The summed E-state index contributed by atoms with van der Waals surface area (Å²) in [6.07, 6.45) is 5.90. The molecule has 51 valence electrons. The third-order valence-corrected chi connectivity index (χ3v) is 2.48. The van der Waals surface area contributed by atoms with Gasteiger partial charge in [0.2, 0.25) is 0 Å². The van der Waals surface area contributed by atoms with Crippen LogP contribution < -0.4 is 6.15 Å². The van der Waals surface area contributed by atoms with Crippen LogP contribution in [0.3, 0.4) is 0 Å². The SMILES string of the molecule is C1CC2CCCN2C1.[N]. The van der Waals surface area contributed by atoms with Gasteiger partial charge >= 0.3 is 0 Å². The molecule has 0 aromatic rings. The number of hydrogen-bond donors (Lipinski definition) is 0. The van der Waals surface area contributed by atoms with Crippen LogP contribution >= 0.6 is 0 Å². The number of hydrogen-bond acceptors (Lipinski definition) is 1. The van der Waals surface area contributed by atoms with E-state index in [4.69, 9.17) is 0 Å². The van der Waals surface area contributed by atoms with Gasteiger partial charge in [0.15, 0.2) is 0 Å². The normalized spacial score (nSPS) is 28.0. The quantitative estimate of drug-likeness (QED) is 0.470. The van der Waals surface area contributed by atoms with Crippen LogP contribution in [-0.4, -0.2) is 24.0 Å². The molecule has 0 amide bonds. The molecule has 0 spiro atoms. The van der Waals surface area contributed by atoms with E-state index in [9.17, 15) is 0 Å². The van der Waals surface area contributed by atoms with Crippen LogP contribution in [-0.2, 0) is 0 Å². The summed E-state index contributed by atoms with van der Waals surface area (Å²) in [5.74, 6) is 0. The van der Waals surface area contributed by atoms with Gasteiger partial charge in [-0.1, -0.05) is 0 Å². The highest BCUT2D eigenvalue weighted by atomic mass is 15.2. The molecule has 3 radical (unpaired) electrons. The van der Waals surface area contributed by atoms with E-state index < -0.39 is 0 Å². The maximum Gasteiger partial charge on any atom is 0.00962 e. The van der Waals surface area contributed by atoms with E-state index in [0.29, 0.717) is 0 Å². The molecule has 0 aromatic carbocycles. The summed E-state index contributed by atoms with van der Waals surface area (Å²) in [7, 11) is 0. The standard InChI is InChI=1S/C7H13N.N/c1-3-7-4-2-6-8(7)5-1;/h7H,1-6H2;. The molecule has 2 heteroatoms. The van der Waals surface area contributed by atoms with Crippen molar-refractivity contribution in [1.29, 1.82) is 0 Å². The number of nitrogens with zero attached hydrogens (tertiary/aromatic N) is 2. The van der Waals surface area contributed by atoms with Gasteiger partial charge in [-0.05, 0) is 38.8 Å². The van der Waals surface area contributed by atoms with Crippen molar-refractivity contribution in [1.82, 2.24) is 11.1 Å². The van der Waals surface area contributed by atoms with Crippen molar-refractivity contribution in [2.24, 2.45) is 0 Å². The fourth-order valence-electron chi connectivity index (χ4n) is 2.05. The van der Waals surface area contributed by atoms with Crippen LogP contribution in [0, 0.1) is 0 Å². The number of fused-ring (bicyclic) bond motifs is 1.